The molecule has 2 N–H and O–H groups in total. The first-order valence-corrected chi connectivity index (χ1v) is 10.3. The number of nitriles is 1. The molecule has 32 heavy (non-hydrogen) atoms. The number of anilines is 2. The second kappa shape index (κ2) is 9.76. The molecule has 0 aliphatic carbocycles. The Balaban J connectivity index is 1.79. The van der Waals surface area contributed by atoms with E-state index in [-0.39, 0.29) is 11.5 Å². The molecular weight excluding hydrogens is 398 g/mol. The molecule has 0 bridgehead atoms. The summed E-state index contributed by atoms with van der Waals surface area (Å²) in [4.78, 5) is 25.2. The molecule has 0 aromatic heterocycles. The Bertz CT molecular complexity index is 1230. The topological polar surface area (TPSA) is 82.0 Å². The summed E-state index contributed by atoms with van der Waals surface area (Å²) in [6, 6.07) is 20.2. The summed E-state index contributed by atoms with van der Waals surface area (Å²) in [5, 5.41) is 15.3. The first-order valence-electron chi connectivity index (χ1n) is 10.3. The third-order valence-electron chi connectivity index (χ3n) is 5.05. The highest BCUT2D eigenvalue weighted by atomic mass is 16.2. The number of carbonyl (C=O) groups is 2. The van der Waals surface area contributed by atoms with Gasteiger partial charge in [0.1, 0.15) is 11.6 Å². The lowest BCUT2D eigenvalue weighted by Crippen LogP contribution is -2.15. The van der Waals surface area contributed by atoms with Crippen molar-refractivity contribution in [2.24, 2.45) is 0 Å². The highest BCUT2D eigenvalue weighted by Crippen LogP contribution is 2.23. The molecule has 0 aliphatic rings. The lowest BCUT2D eigenvalue weighted by Gasteiger charge is -2.12. The van der Waals surface area contributed by atoms with Gasteiger partial charge in [0.2, 0.25) is 0 Å². The van der Waals surface area contributed by atoms with Gasteiger partial charge >= 0.3 is 0 Å². The Morgan fingerprint density at radius 2 is 1.50 bits per heavy atom. The number of hydrogen-bond acceptors (Lipinski definition) is 3. The minimum Gasteiger partial charge on any atom is -0.322 e. The zero-order chi connectivity index (χ0) is 23.3. The standard InChI is InChI=1S/C27H25N3O2/c1-17-8-10-22(11-9-17)26(31)29-24-7-5-6-21(15-24)14-23(16-28)27(32)30-25-19(3)12-18(2)13-20(25)4/h5-15H,1-4H3,(H,29,31)(H,30,32)/b23-14+. The van der Waals surface area contributed by atoms with Gasteiger partial charge in [-0.15, -0.1) is 0 Å². The molecule has 0 atom stereocenters. The first kappa shape index (κ1) is 22.5. The maximum atomic E-state index is 12.7. The second-order valence-electron chi connectivity index (χ2n) is 7.84. The van der Waals surface area contributed by atoms with Gasteiger partial charge in [-0.2, -0.15) is 5.26 Å². The zero-order valence-electron chi connectivity index (χ0n) is 18.6. The van der Waals surface area contributed by atoms with Crippen LogP contribution in [0.2, 0.25) is 0 Å². The van der Waals surface area contributed by atoms with Gasteiger partial charge in [-0.25, -0.2) is 0 Å². The Morgan fingerprint density at radius 1 is 0.844 bits per heavy atom. The quantitative estimate of drug-likeness (QED) is 0.407. The molecular formula is C27H25N3O2. The van der Waals surface area contributed by atoms with Crippen molar-refractivity contribution in [3.63, 3.8) is 0 Å². The van der Waals surface area contributed by atoms with Crippen LogP contribution in [-0.4, -0.2) is 11.8 Å². The predicted molar refractivity (Wildman–Crippen MR) is 128 cm³/mol. The minimum absolute atomic E-state index is 0.0219. The van der Waals surface area contributed by atoms with Crippen LogP contribution in [0.15, 0.2) is 66.2 Å². The fourth-order valence-electron chi connectivity index (χ4n) is 3.49. The van der Waals surface area contributed by atoms with Crippen LogP contribution in [-0.2, 0) is 4.79 Å². The fourth-order valence-corrected chi connectivity index (χ4v) is 3.49. The van der Waals surface area contributed by atoms with Gasteiger partial charge in [0.15, 0.2) is 0 Å². The Labute approximate surface area is 188 Å². The molecule has 0 saturated heterocycles. The van der Waals surface area contributed by atoms with Crippen molar-refractivity contribution in [1.29, 1.82) is 5.26 Å². The van der Waals surface area contributed by atoms with E-state index in [4.69, 9.17) is 0 Å². The number of carbonyl (C=O) groups excluding carboxylic acids is 2. The summed E-state index contributed by atoms with van der Waals surface area (Å²) < 4.78 is 0. The molecule has 0 fully saturated rings. The maximum Gasteiger partial charge on any atom is 0.266 e. The van der Waals surface area contributed by atoms with E-state index >= 15 is 0 Å². The van der Waals surface area contributed by atoms with E-state index in [2.05, 4.69) is 10.6 Å². The predicted octanol–water partition coefficient (Wildman–Crippen LogP) is 5.72. The molecule has 0 spiro atoms. The number of rotatable bonds is 5. The third kappa shape index (κ3) is 5.50. The summed E-state index contributed by atoms with van der Waals surface area (Å²) in [5.74, 6) is -0.702. The zero-order valence-corrected chi connectivity index (χ0v) is 18.6. The summed E-state index contributed by atoms with van der Waals surface area (Å²) in [7, 11) is 0. The van der Waals surface area contributed by atoms with Crippen LogP contribution in [0.4, 0.5) is 11.4 Å². The molecule has 0 heterocycles. The van der Waals surface area contributed by atoms with Gasteiger partial charge < -0.3 is 10.6 Å². The number of nitrogens with zero attached hydrogens (tertiary/aromatic N) is 1. The summed E-state index contributed by atoms with van der Waals surface area (Å²) >= 11 is 0. The SMILES string of the molecule is Cc1ccc(C(=O)Nc2cccc(/C=C(\C#N)C(=O)Nc3c(C)cc(C)cc3C)c2)cc1. The van der Waals surface area contributed by atoms with Gasteiger partial charge in [0, 0.05) is 16.9 Å². The van der Waals surface area contributed by atoms with Crippen LogP contribution in [0, 0.1) is 39.0 Å². The molecule has 3 rings (SSSR count). The number of hydrogen-bond donors (Lipinski definition) is 2. The van der Waals surface area contributed by atoms with E-state index in [0.717, 1.165) is 22.3 Å². The molecule has 5 nitrogen and oxygen atoms in total. The average molecular weight is 424 g/mol. The summed E-state index contributed by atoms with van der Waals surface area (Å²) in [6.45, 7) is 7.80. The largest absolute Gasteiger partial charge is 0.322 e. The smallest absolute Gasteiger partial charge is 0.266 e. The van der Waals surface area contributed by atoms with Gasteiger partial charge in [-0.05, 0) is 74.7 Å². The molecule has 160 valence electrons. The maximum absolute atomic E-state index is 12.7. The Hall–Kier alpha value is -4.17. The van der Waals surface area contributed by atoms with Crippen LogP contribution < -0.4 is 10.6 Å². The van der Waals surface area contributed by atoms with Crippen molar-refractivity contribution < 1.29 is 9.59 Å². The second-order valence-corrected chi connectivity index (χ2v) is 7.84. The normalized spacial score (nSPS) is 10.9. The lowest BCUT2D eigenvalue weighted by atomic mass is 10.0. The van der Waals surface area contributed by atoms with Crippen LogP contribution in [0.5, 0.6) is 0 Å². The molecule has 0 unspecified atom stereocenters. The minimum atomic E-state index is -0.475. The molecule has 5 heteroatoms. The average Bonchev–Trinajstić information content (AvgIpc) is 2.75. The summed E-state index contributed by atoms with van der Waals surface area (Å²) in [5.41, 5.74) is 6.52. The van der Waals surface area contributed by atoms with Crippen LogP contribution in [0.3, 0.4) is 0 Å². The molecule has 2 amide bonds. The van der Waals surface area contributed by atoms with Crippen molar-refractivity contribution in [1.82, 2.24) is 0 Å². The van der Waals surface area contributed by atoms with Crippen LogP contribution in [0.1, 0.15) is 38.2 Å². The number of nitrogens with one attached hydrogen (secondary N) is 2. The van der Waals surface area contributed by atoms with Gasteiger partial charge in [-0.1, -0.05) is 47.5 Å². The Kier molecular flexibility index (Phi) is 6.87. The monoisotopic (exact) mass is 423 g/mol. The number of benzene rings is 3. The van der Waals surface area contributed by atoms with Crippen molar-refractivity contribution in [2.45, 2.75) is 27.7 Å². The third-order valence-corrected chi connectivity index (χ3v) is 5.05. The van der Waals surface area contributed by atoms with Gasteiger partial charge in [0.05, 0.1) is 0 Å². The van der Waals surface area contributed by atoms with E-state index in [9.17, 15) is 14.9 Å². The van der Waals surface area contributed by atoms with E-state index in [1.807, 2.05) is 58.0 Å². The van der Waals surface area contributed by atoms with Gasteiger partial charge in [0.25, 0.3) is 11.8 Å². The molecule has 0 aliphatic heterocycles. The highest BCUT2D eigenvalue weighted by Gasteiger charge is 2.13. The summed E-state index contributed by atoms with van der Waals surface area (Å²) in [6.07, 6.45) is 1.51. The van der Waals surface area contributed by atoms with Gasteiger partial charge in [-0.3, -0.25) is 9.59 Å². The molecule has 0 saturated carbocycles. The highest BCUT2D eigenvalue weighted by molar-refractivity contribution is 6.10. The van der Waals surface area contributed by atoms with E-state index < -0.39 is 5.91 Å². The number of aryl methyl sites for hydroxylation is 4. The van der Waals surface area contributed by atoms with Crippen molar-refractivity contribution in [3.05, 3.63) is 99.6 Å². The van der Waals surface area contributed by atoms with E-state index in [1.54, 1.807) is 36.4 Å². The van der Waals surface area contributed by atoms with E-state index in [0.29, 0.717) is 22.5 Å². The van der Waals surface area contributed by atoms with Crippen LogP contribution >= 0.6 is 0 Å². The van der Waals surface area contributed by atoms with Crippen molar-refractivity contribution >= 4 is 29.3 Å². The Morgan fingerprint density at radius 3 is 2.12 bits per heavy atom. The molecule has 3 aromatic rings. The van der Waals surface area contributed by atoms with E-state index in [1.165, 1.54) is 6.08 Å². The number of amides is 2. The first-order chi connectivity index (χ1) is 15.3. The van der Waals surface area contributed by atoms with Crippen molar-refractivity contribution in [3.8, 4) is 6.07 Å². The molecule has 0 radical (unpaired) electrons. The lowest BCUT2D eigenvalue weighted by molar-refractivity contribution is -0.112. The van der Waals surface area contributed by atoms with Crippen LogP contribution in [0.25, 0.3) is 6.08 Å². The fraction of sp³-hybridized carbons (Fsp3) is 0.148. The van der Waals surface area contributed by atoms with Crippen molar-refractivity contribution in [2.75, 3.05) is 10.6 Å². The molecule has 3 aromatic carbocycles.